The van der Waals surface area contributed by atoms with Crippen molar-refractivity contribution in [2.24, 2.45) is 0 Å². The Morgan fingerprint density at radius 3 is 2.94 bits per heavy atom. The third-order valence-corrected chi connectivity index (χ3v) is 5.19. The summed E-state index contributed by atoms with van der Waals surface area (Å²) in [5, 5.41) is 9.54. The highest BCUT2D eigenvalue weighted by molar-refractivity contribution is 9.10. The first-order chi connectivity index (χ1) is 8.11. The van der Waals surface area contributed by atoms with E-state index in [0.29, 0.717) is 5.03 Å². The van der Waals surface area contributed by atoms with Gasteiger partial charge < -0.3 is 5.11 Å². The van der Waals surface area contributed by atoms with Crippen LogP contribution in [0.25, 0.3) is 5.03 Å². The van der Waals surface area contributed by atoms with Crippen LogP contribution >= 0.6 is 27.7 Å². The molecule has 0 unspecified atom stereocenters. The van der Waals surface area contributed by atoms with Gasteiger partial charge in [-0.1, -0.05) is 27.7 Å². The molecule has 1 aromatic heterocycles. The van der Waals surface area contributed by atoms with E-state index in [2.05, 4.69) is 20.9 Å². The fraction of sp³-hybridized carbons (Fsp3) is 0.222. The maximum Gasteiger partial charge on any atom is 0.355 e. The second-order valence-corrected chi connectivity index (χ2v) is 5.64. The minimum Gasteiger partial charge on any atom is -0.476 e. The molecule has 17 heavy (non-hydrogen) atoms. The van der Waals surface area contributed by atoms with Gasteiger partial charge >= 0.3 is 5.97 Å². The maximum atomic E-state index is 11.6. The van der Waals surface area contributed by atoms with Gasteiger partial charge in [0.15, 0.2) is 5.70 Å². The number of carboxylic acids is 1. The van der Waals surface area contributed by atoms with E-state index in [1.54, 1.807) is 17.0 Å². The molecule has 0 aliphatic carbocycles. The van der Waals surface area contributed by atoms with Crippen molar-refractivity contribution in [3.05, 3.63) is 24.4 Å². The summed E-state index contributed by atoms with van der Waals surface area (Å²) in [7, 11) is 0. The summed E-state index contributed by atoms with van der Waals surface area (Å²) in [6.07, 6.45) is 4.74. The zero-order valence-corrected chi connectivity index (χ0v) is 10.7. The van der Waals surface area contributed by atoms with E-state index in [1.807, 2.05) is 0 Å². The molecule has 2 atom stereocenters. The Balaban J connectivity index is 2.08. The predicted molar refractivity (Wildman–Crippen MR) is 64.0 cm³/mol. The molecule has 0 bridgehead atoms. The fourth-order valence-electron chi connectivity index (χ4n) is 1.81. The lowest BCUT2D eigenvalue weighted by Crippen LogP contribution is -2.58. The van der Waals surface area contributed by atoms with Gasteiger partial charge in [0.25, 0.3) is 0 Å². The number of carbonyl (C=O) groups excluding carboxylic acids is 1. The third kappa shape index (κ3) is 1.37. The van der Waals surface area contributed by atoms with Crippen molar-refractivity contribution in [1.82, 2.24) is 14.5 Å². The first kappa shape index (κ1) is 10.8. The summed E-state index contributed by atoms with van der Waals surface area (Å²) in [6, 6.07) is 0. The van der Waals surface area contributed by atoms with Crippen molar-refractivity contribution < 1.29 is 14.7 Å². The molecule has 8 heteroatoms. The normalized spacial score (nSPS) is 27.1. The van der Waals surface area contributed by atoms with E-state index < -0.39 is 5.97 Å². The molecule has 88 valence electrons. The molecule has 1 fully saturated rings. The lowest BCUT2D eigenvalue weighted by molar-refractivity contribution is -0.144. The Morgan fingerprint density at radius 2 is 2.35 bits per heavy atom. The molecule has 3 heterocycles. The second-order valence-electron chi connectivity index (χ2n) is 3.55. The largest absolute Gasteiger partial charge is 0.476 e. The van der Waals surface area contributed by atoms with Crippen LogP contribution in [0, 0.1) is 0 Å². The van der Waals surface area contributed by atoms with Gasteiger partial charge in [-0.15, -0.1) is 0 Å². The predicted octanol–water partition coefficient (Wildman–Crippen LogP) is 0.772. The number of alkyl halides is 1. The van der Waals surface area contributed by atoms with Crippen LogP contribution in [0.3, 0.4) is 0 Å². The Hall–Kier alpha value is -1.28. The van der Waals surface area contributed by atoms with Gasteiger partial charge in [-0.05, 0) is 0 Å². The van der Waals surface area contributed by atoms with Crippen LogP contribution < -0.4 is 0 Å². The molecule has 3 rings (SSSR count). The van der Waals surface area contributed by atoms with Gasteiger partial charge in [0.2, 0.25) is 5.91 Å². The number of carbonyl (C=O) groups is 2. The average molecular weight is 316 g/mol. The molecule has 1 amide bonds. The minimum absolute atomic E-state index is 0.0266. The summed E-state index contributed by atoms with van der Waals surface area (Å²) in [5.41, 5.74) is 0.0266. The van der Waals surface area contributed by atoms with Gasteiger partial charge in [0.1, 0.15) is 15.2 Å². The first-order valence-corrected chi connectivity index (χ1v) is 6.50. The molecular weight excluding hydrogens is 310 g/mol. The van der Waals surface area contributed by atoms with E-state index in [9.17, 15) is 14.7 Å². The Kier molecular flexibility index (Phi) is 2.30. The number of amides is 1. The van der Waals surface area contributed by atoms with Crippen LogP contribution in [-0.2, 0) is 9.59 Å². The molecule has 1 saturated heterocycles. The van der Waals surface area contributed by atoms with Crippen LogP contribution in [0.1, 0.15) is 0 Å². The van der Waals surface area contributed by atoms with E-state index in [4.69, 9.17) is 0 Å². The lowest BCUT2D eigenvalue weighted by Gasteiger charge is -2.38. The number of fused-ring (bicyclic) bond motifs is 1. The second kappa shape index (κ2) is 3.61. The molecule has 2 aliphatic heterocycles. The quantitative estimate of drug-likeness (QED) is 0.644. The molecular formula is C9H6BrN3O3S. The minimum atomic E-state index is -1.10. The van der Waals surface area contributed by atoms with Crippen molar-refractivity contribution in [3.8, 4) is 0 Å². The van der Waals surface area contributed by atoms with Gasteiger partial charge in [-0.3, -0.25) is 14.3 Å². The van der Waals surface area contributed by atoms with Crippen molar-refractivity contribution in [2.75, 3.05) is 0 Å². The number of thioether (sulfide) groups is 1. The number of halogens is 1. The molecule has 0 radical (unpaired) electrons. The Bertz CT molecular complexity index is 542. The van der Waals surface area contributed by atoms with Crippen molar-refractivity contribution >= 4 is 44.6 Å². The van der Waals surface area contributed by atoms with Crippen molar-refractivity contribution in [2.45, 2.75) is 10.2 Å². The zero-order chi connectivity index (χ0) is 12.2. The van der Waals surface area contributed by atoms with Crippen LogP contribution in [-0.4, -0.2) is 41.6 Å². The summed E-state index contributed by atoms with van der Waals surface area (Å²) < 4.78 is 1.61. The van der Waals surface area contributed by atoms with E-state index in [-0.39, 0.29) is 21.8 Å². The summed E-state index contributed by atoms with van der Waals surface area (Å²) in [6.45, 7) is 0. The third-order valence-electron chi connectivity index (χ3n) is 2.60. The Labute approximate surface area is 108 Å². The number of hydrogen-bond donors (Lipinski definition) is 1. The molecule has 0 saturated carbocycles. The summed E-state index contributed by atoms with van der Waals surface area (Å²) in [5.74, 6) is -1.31. The molecule has 1 aromatic rings. The highest BCUT2D eigenvalue weighted by Gasteiger charge is 2.55. The maximum absolute atomic E-state index is 11.6. The lowest BCUT2D eigenvalue weighted by atomic mass is 10.2. The smallest absolute Gasteiger partial charge is 0.355 e. The molecule has 1 N–H and O–H groups in total. The van der Waals surface area contributed by atoms with Crippen LogP contribution in [0.4, 0.5) is 0 Å². The number of imidazole rings is 1. The molecule has 6 nitrogen and oxygen atoms in total. The summed E-state index contributed by atoms with van der Waals surface area (Å²) >= 11 is 4.59. The van der Waals surface area contributed by atoms with Gasteiger partial charge in [-0.2, -0.15) is 0 Å². The monoisotopic (exact) mass is 315 g/mol. The van der Waals surface area contributed by atoms with Gasteiger partial charge in [0.05, 0.1) is 6.33 Å². The van der Waals surface area contributed by atoms with Crippen LogP contribution in [0.15, 0.2) is 24.4 Å². The molecule has 0 aromatic carbocycles. The number of aromatic nitrogens is 2. The van der Waals surface area contributed by atoms with E-state index >= 15 is 0 Å². The number of carboxylic acid groups (broad SMARTS) is 1. The molecule has 0 spiro atoms. The SMILES string of the molecule is O=C(O)C1=C(n2ccnc2)S[C@@H]2[C@@H](Br)C(=O)N12. The summed E-state index contributed by atoms with van der Waals surface area (Å²) in [4.78, 5) is 27.7. The van der Waals surface area contributed by atoms with Gasteiger partial charge in [0, 0.05) is 12.4 Å². The fourth-order valence-corrected chi connectivity index (χ4v) is 3.90. The highest BCUT2D eigenvalue weighted by atomic mass is 79.9. The zero-order valence-electron chi connectivity index (χ0n) is 8.28. The highest BCUT2D eigenvalue weighted by Crippen LogP contribution is 2.50. The average Bonchev–Trinajstić information content (AvgIpc) is 2.93. The number of hydrogen-bond acceptors (Lipinski definition) is 4. The standard InChI is InChI=1S/C9H6BrN3O3S/c10-4-6(14)13-5(9(15)16)8(17-7(4)13)12-2-1-11-3-12/h1-4,7H,(H,15,16)/t4-,7+/m0/s1. The van der Waals surface area contributed by atoms with Crippen LogP contribution in [0.5, 0.6) is 0 Å². The first-order valence-electron chi connectivity index (χ1n) is 4.71. The van der Waals surface area contributed by atoms with E-state index in [0.717, 1.165) is 0 Å². The van der Waals surface area contributed by atoms with Gasteiger partial charge in [-0.25, -0.2) is 9.78 Å². The molecule has 2 aliphatic rings. The van der Waals surface area contributed by atoms with E-state index in [1.165, 1.54) is 23.0 Å². The topological polar surface area (TPSA) is 75.4 Å². The number of β-lactam (4-membered cyclic amide) rings is 1. The Morgan fingerprint density at radius 1 is 1.59 bits per heavy atom. The number of rotatable bonds is 2. The van der Waals surface area contributed by atoms with Crippen molar-refractivity contribution in [3.63, 3.8) is 0 Å². The number of nitrogens with zero attached hydrogens (tertiary/aromatic N) is 3. The number of aliphatic carboxylic acids is 1. The van der Waals surface area contributed by atoms with Crippen molar-refractivity contribution in [1.29, 1.82) is 0 Å². The van der Waals surface area contributed by atoms with Crippen LogP contribution in [0.2, 0.25) is 0 Å².